The highest BCUT2D eigenvalue weighted by Crippen LogP contribution is 2.78. The van der Waals surface area contributed by atoms with Crippen LogP contribution in [0.3, 0.4) is 0 Å². The minimum absolute atomic E-state index is 0.427. The molecule has 8 saturated heterocycles. The Morgan fingerprint density at radius 2 is 0.816 bits per heavy atom. The van der Waals surface area contributed by atoms with Gasteiger partial charge in [-0.2, -0.15) is 0 Å². The van der Waals surface area contributed by atoms with Gasteiger partial charge in [0.05, 0.1) is 29.5 Å². The third-order valence-corrected chi connectivity index (χ3v) is 13.9. The predicted octanol–water partition coefficient (Wildman–Crippen LogP) is 6.98. The summed E-state index contributed by atoms with van der Waals surface area (Å²) < 4.78 is 51.9. The van der Waals surface area contributed by atoms with Crippen LogP contribution in [0.25, 0.3) is 0 Å². The maximum atomic E-state index is 6.74. The standard InChI is InChI=1S/C28H40O8P2/c1-21-15-25(5)34-22(2,31-21)16-26(6,33-21)37(25)29-13-19-11-9-10-12-20(19)14-30-38-27(7)17-23(3)32-24(4,36-27)18-28(38,8)35-23/h9-12H,13-18H2,1-8H3. The zero-order valence-electron chi connectivity index (χ0n) is 23.7. The molecule has 0 amide bonds. The van der Waals surface area contributed by atoms with E-state index in [9.17, 15) is 0 Å². The van der Waals surface area contributed by atoms with E-state index < -0.39 is 60.8 Å². The number of hydrogen-bond donors (Lipinski definition) is 0. The van der Waals surface area contributed by atoms with Gasteiger partial charge < -0.3 is 37.5 Å². The molecule has 0 N–H and O–H groups in total. The number of rotatable bonds is 6. The Morgan fingerprint density at radius 1 is 0.526 bits per heavy atom. The van der Waals surface area contributed by atoms with Gasteiger partial charge in [-0.1, -0.05) is 24.3 Å². The Balaban J connectivity index is 1.08. The molecular formula is C28H40O8P2. The molecule has 1 aromatic rings. The third kappa shape index (κ3) is 3.94. The van der Waals surface area contributed by atoms with Gasteiger partial charge >= 0.3 is 0 Å². The maximum Gasteiger partial charge on any atom is 0.173 e. The van der Waals surface area contributed by atoms with Crippen LogP contribution in [-0.4, -0.2) is 44.5 Å². The van der Waals surface area contributed by atoms with E-state index in [1.165, 1.54) is 0 Å². The summed E-state index contributed by atoms with van der Waals surface area (Å²) in [7, 11) is -2.08. The van der Waals surface area contributed by atoms with Crippen LogP contribution in [-0.2, 0) is 50.7 Å². The van der Waals surface area contributed by atoms with Crippen molar-refractivity contribution in [1.82, 2.24) is 0 Å². The fourth-order valence-electron chi connectivity index (χ4n) is 8.78. The average Bonchev–Trinajstić information content (AvgIpc) is 2.67. The Kier molecular flexibility index (Phi) is 5.45. The lowest BCUT2D eigenvalue weighted by atomic mass is 9.98. The molecule has 8 atom stereocenters. The molecule has 0 radical (unpaired) electrons. The maximum absolute atomic E-state index is 6.74. The Bertz CT molecular complexity index is 998. The second-order valence-corrected chi connectivity index (χ2v) is 18.9. The van der Waals surface area contributed by atoms with Gasteiger partial charge in [0.15, 0.2) is 23.1 Å². The van der Waals surface area contributed by atoms with E-state index in [0.29, 0.717) is 38.9 Å². The molecule has 8 bridgehead atoms. The second kappa shape index (κ2) is 7.77. The summed E-state index contributed by atoms with van der Waals surface area (Å²) in [5.74, 6) is -2.56. The molecule has 8 aliphatic heterocycles. The molecule has 8 unspecified atom stereocenters. The molecule has 10 heteroatoms. The Labute approximate surface area is 228 Å². The first kappa shape index (κ1) is 26.6. The number of hydrogen-bond acceptors (Lipinski definition) is 8. The van der Waals surface area contributed by atoms with Crippen molar-refractivity contribution >= 4 is 16.3 Å². The van der Waals surface area contributed by atoms with Crippen molar-refractivity contribution in [2.75, 3.05) is 0 Å². The first-order chi connectivity index (χ1) is 17.5. The van der Waals surface area contributed by atoms with Crippen LogP contribution < -0.4 is 0 Å². The van der Waals surface area contributed by atoms with Gasteiger partial charge in [-0.05, 0) is 66.5 Å². The zero-order chi connectivity index (χ0) is 27.0. The molecule has 8 heterocycles. The van der Waals surface area contributed by atoms with Crippen LogP contribution in [0.15, 0.2) is 24.3 Å². The number of benzene rings is 1. The quantitative estimate of drug-likeness (QED) is 0.342. The molecule has 9 rings (SSSR count). The van der Waals surface area contributed by atoms with E-state index in [2.05, 4.69) is 52.0 Å². The summed E-state index contributed by atoms with van der Waals surface area (Å²) in [6.45, 7) is 17.7. The smallest absolute Gasteiger partial charge is 0.173 e. The summed E-state index contributed by atoms with van der Waals surface area (Å²) in [6.07, 6.45) is 2.63. The molecule has 1 aromatic carbocycles. The Morgan fingerprint density at radius 3 is 1.11 bits per heavy atom. The summed E-state index contributed by atoms with van der Waals surface area (Å²) in [6, 6.07) is 8.36. The molecule has 210 valence electrons. The van der Waals surface area contributed by atoms with Gasteiger partial charge in [-0.3, -0.25) is 0 Å². The molecule has 0 saturated carbocycles. The van der Waals surface area contributed by atoms with Crippen LogP contribution in [0.2, 0.25) is 0 Å². The van der Waals surface area contributed by atoms with Crippen LogP contribution in [0.5, 0.6) is 0 Å². The van der Waals surface area contributed by atoms with Gasteiger partial charge in [0.25, 0.3) is 0 Å². The van der Waals surface area contributed by atoms with Crippen molar-refractivity contribution in [2.24, 2.45) is 0 Å². The first-order valence-corrected chi connectivity index (χ1v) is 16.2. The minimum Gasteiger partial charge on any atom is -0.349 e. The molecule has 38 heavy (non-hydrogen) atoms. The van der Waals surface area contributed by atoms with E-state index in [0.717, 1.165) is 11.1 Å². The van der Waals surface area contributed by atoms with Crippen molar-refractivity contribution in [3.8, 4) is 0 Å². The molecule has 8 nitrogen and oxygen atoms in total. The second-order valence-electron chi connectivity index (χ2n) is 13.5. The highest BCUT2D eigenvalue weighted by atomic mass is 31.1. The van der Waals surface area contributed by atoms with Crippen molar-refractivity contribution in [3.63, 3.8) is 0 Å². The molecular weight excluding hydrogens is 526 g/mol. The monoisotopic (exact) mass is 566 g/mol. The van der Waals surface area contributed by atoms with Crippen molar-refractivity contribution in [1.29, 1.82) is 0 Å². The lowest BCUT2D eigenvalue weighted by Crippen LogP contribution is -2.71. The largest absolute Gasteiger partial charge is 0.349 e. The fourth-order valence-corrected chi connectivity index (χ4v) is 15.2. The summed E-state index contributed by atoms with van der Waals surface area (Å²) in [5.41, 5.74) is 2.23. The average molecular weight is 567 g/mol. The van der Waals surface area contributed by atoms with Crippen LogP contribution in [0, 0.1) is 0 Å². The van der Waals surface area contributed by atoms with Gasteiger partial charge in [-0.15, -0.1) is 0 Å². The van der Waals surface area contributed by atoms with Crippen molar-refractivity contribution in [3.05, 3.63) is 35.4 Å². The fraction of sp³-hybridized carbons (Fsp3) is 0.786. The highest BCUT2D eigenvalue weighted by molar-refractivity contribution is 7.56. The van der Waals surface area contributed by atoms with Gasteiger partial charge in [0.1, 0.15) is 21.4 Å². The van der Waals surface area contributed by atoms with Crippen LogP contribution >= 0.6 is 16.3 Å². The van der Waals surface area contributed by atoms with E-state index in [4.69, 9.17) is 37.5 Å². The van der Waals surface area contributed by atoms with E-state index >= 15 is 0 Å². The van der Waals surface area contributed by atoms with Gasteiger partial charge in [0.2, 0.25) is 0 Å². The van der Waals surface area contributed by atoms with E-state index in [1.54, 1.807) is 0 Å². The summed E-state index contributed by atoms with van der Waals surface area (Å²) in [5, 5.41) is -1.71. The zero-order valence-corrected chi connectivity index (χ0v) is 25.5. The SMILES string of the molecule is CC12CC3(C)OC(C)(CC(C)(O1)P3OCc1ccccc1COP1C3(C)CC4(C)OC(C)(CC1(C)O4)O3)O2. The molecule has 8 fully saturated rings. The summed E-state index contributed by atoms with van der Waals surface area (Å²) >= 11 is 0. The molecule has 0 aliphatic carbocycles. The number of ether oxygens (including phenoxy) is 6. The topological polar surface area (TPSA) is 73.8 Å². The van der Waals surface area contributed by atoms with Crippen LogP contribution in [0.4, 0.5) is 0 Å². The van der Waals surface area contributed by atoms with Gasteiger partial charge in [0, 0.05) is 25.7 Å². The van der Waals surface area contributed by atoms with Crippen molar-refractivity contribution in [2.45, 2.75) is 139 Å². The van der Waals surface area contributed by atoms with Crippen molar-refractivity contribution < 1.29 is 37.5 Å². The van der Waals surface area contributed by atoms with Gasteiger partial charge in [-0.25, -0.2) is 0 Å². The van der Waals surface area contributed by atoms with E-state index in [1.807, 2.05) is 27.7 Å². The normalized spacial score (nSPS) is 56.1. The highest BCUT2D eigenvalue weighted by Gasteiger charge is 2.73. The molecule has 0 aromatic heterocycles. The summed E-state index contributed by atoms with van der Waals surface area (Å²) in [4.78, 5) is 0. The lowest BCUT2D eigenvalue weighted by Gasteiger charge is -2.68. The van der Waals surface area contributed by atoms with Crippen LogP contribution in [0.1, 0.15) is 92.2 Å². The lowest BCUT2D eigenvalue weighted by molar-refractivity contribution is -0.471. The minimum atomic E-state index is -1.04. The molecule has 0 spiro atoms. The first-order valence-electron chi connectivity index (χ1n) is 13.6. The third-order valence-electron chi connectivity index (χ3n) is 8.74. The Hall–Kier alpha value is -0.240. The predicted molar refractivity (Wildman–Crippen MR) is 142 cm³/mol. The molecule has 8 aliphatic rings. The van der Waals surface area contributed by atoms with E-state index in [-0.39, 0.29) is 0 Å².